The summed E-state index contributed by atoms with van der Waals surface area (Å²) in [6, 6.07) is 3.73. The van der Waals surface area contributed by atoms with Crippen LogP contribution in [0.1, 0.15) is 17.0 Å². The zero-order chi connectivity index (χ0) is 12.7. The predicted octanol–water partition coefficient (Wildman–Crippen LogP) is 1.67. The van der Waals surface area contributed by atoms with Crippen molar-refractivity contribution in [2.45, 2.75) is 20.4 Å². The van der Waals surface area contributed by atoms with Crippen LogP contribution < -0.4 is 5.73 Å². The highest BCUT2D eigenvalue weighted by Gasteiger charge is 2.14. The van der Waals surface area contributed by atoms with E-state index >= 15 is 0 Å². The van der Waals surface area contributed by atoms with Gasteiger partial charge in [0.15, 0.2) is 5.65 Å². The lowest BCUT2D eigenvalue weighted by Gasteiger charge is -2.04. The highest BCUT2D eigenvalue weighted by molar-refractivity contribution is 5.73. The van der Waals surface area contributed by atoms with Gasteiger partial charge in [0.05, 0.1) is 12.2 Å². The molecule has 3 aromatic heterocycles. The lowest BCUT2D eigenvalue weighted by molar-refractivity contribution is 0.392. The molecular formula is C12H13N5O. The first-order valence-electron chi connectivity index (χ1n) is 5.65. The van der Waals surface area contributed by atoms with Crippen LogP contribution in [0, 0.1) is 13.8 Å². The fraction of sp³-hybridized carbons (Fsp3) is 0.250. The minimum atomic E-state index is 0.448. The summed E-state index contributed by atoms with van der Waals surface area (Å²) in [6.07, 6.45) is 1.73. The van der Waals surface area contributed by atoms with Crippen molar-refractivity contribution in [2.24, 2.45) is 0 Å². The number of fused-ring (bicyclic) bond motifs is 1. The van der Waals surface area contributed by atoms with E-state index in [0.717, 1.165) is 28.2 Å². The number of aryl methyl sites for hydroxylation is 2. The Bertz CT molecular complexity index is 693. The van der Waals surface area contributed by atoms with Gasteiger partial charge in [0, 0.05) is 11.8 Å². The quantitative estimate of drug-likeness (QED) is 0.740. The number of aromatic nitrogens is 4. The maximum atomic E-state index is 5.93. The first-order chi connectivity index (χ1) is 8.66. The van der Waals surface area contributed by atoms with Crippen molar-refractivity contribution in [1.82, 2.24) is 19.7 Å². The number of nitrogen functional groups attached to an aromatic ring is 1. The first-order valence-corrected chi connectivity index (χ1v) is 5.65. The minimum absolute atomic E-state index is 0.448. The van der Waals surface area contributed by atoms with E-state index in [2.05, 4.69) is 15.1 Å². The van der Waals surface area contributed by atoms with E-state index < -0.39 is 0 Å². The summed E-state index contributed by atoms with van der Waals surface area (Å²) >= 11 is 0. The van der Waals surface area contributed by atoms with Crippen molar-refractivity contribution in [3.05, 3.63) is 35.3 Å². The van der Waals surface area contributed by atoms with Gasteiger partial charge in [-0.25, -0.2) is 9.97 Å². The number of pyridine rings is 1. The third-order valence-corrected chi connectivity index (χ3v) is 3.03. The Hall–Kier alpha value is -2.37. The number of hydrogen-bond acceptors (Lipinski definition) is 5. The zero-order valence-corrected chi connectivity index (χ0v) is 10.2. The Morgan fingerprint density at radius 1 is 1.39 bits per heavy atom. The van der Waals surface area contributed by atoms with E-state index in [1.165, 1.54) is 0 Å². The first kappa shape index (κ1) is 10.8. The van der Waals surface area contributed by atoms with Crippen molar-refractivity contribution in [1.29, 1.82) is 0 Å². The van der Waals surface area contributed by atoms with Gasteiger partial charge in [0.2, 0.25) is 5.95 Å². The van der Waals surface area contributed by atoms with Crippen LogP contribution in [-0.2, 0) is 6.54 Å². The number of anilines is 1. The molecule has 0 spiro atoms. The van der Waals surface area contributed by atoms with Gasteiger partial charge in [0.25, 0.3) is 0 Å². The molecule has 0 amide bonds. The summed E-state index contributed by atoms with van der Waals surface area (Å²) in [4.78, 5) is 8.59. The minimum Gasteiger partial charge on any atom is -0.369 e. The lowest BCUT2D eigenvalue weighted by Crippen LogP contribution is -2.06. The monoisotopic (exact) mass is 243 g/mol. The summed E-state index contributed by atoms with van der Waals surface area (Å²) in [7, 11) is 0. The molecule has 0 saturated heterocycles. The number of nitrogens with zero attached hydrogens (tertiary/aromatic N) is 4. The molecule has 6 heteroatoms. The smallest absolute Gasteiger partial charge is 0.202 e. The molecule has 0 aliphatic rings. The van der Waals surface area contributed by atoms with E-state index in [1.54, 1.807) is 6.20 Å². The second kappa shape index (κ2) is 3.83. The Balaban J connectivity index is 2.13. The highest BCUT2D eigenvalue weighted by Crippen LogP contribution is 2.20. The van der Waals surface area contributed by atoms with Gasteiger partial charge < -0.3 is 10.3 Å². The molecule has 18 heavy (non-hydrogen) atoms. The number of rotatable bonds is 2. The van der Waals surface area contributed by atoms with Crippen molar-refractivity contribution >= 4 is 17.1 Å². The SMILES string of the molecule is Cc1noc(C)c1Cn1c(N)nc2cccnc21. The van der Waals surface area contributed by atoms with Gasteiger partial charge in [-0.2, -0.15) is 0 Å². The fourth-order valence-electron chi connectivity index (χ4n) is 2.02. The van der Waals surface area contributed by atoms with Crippen LogP contribution in [0.25, 0.3) is 11.2 Å². The van der Waals surface area contributed by atoms with Crippen molar-refractivity contribution in [3.8, 4) is 0 Å². The molecule has 0 atom stereocenters. The number of nitrogens with two attached hydrogens (primary N) is 1. The van der Waals surface area contributed by atoms with Crippen LogP contribution in [0.15, 0.2) is 22.9 Å². The molecule has 0 unspecified atom stereocenters. The average Bonchev–Trinajstić information content (AvgIpc) is 2.84. The molecular weight excluding hydrogens is 230 g/mol. The van der Waals surface area contributed by atoms with E-state index in [9.17, 15) is 0 Å². The molecule has 6 nitrogen and oxygen atoms in total. The number of imidazole rings is 1. The fourth-order valence-corrected chi connectivity index (χ4v) is 2.02. The molecule has 3 rings (SSSR count). The van der Waals surface area contributed by atoms with E-state index in [1.807, 2.05) is 30.5 Å². The van der Waals surface area contributed by atoms with Crippen LogP contribution in [-0.4, -0.2) is 19.7 Å². The summed E-state index contributed by atoms with van der Waals surface area (Å²) in [5.41, 5.74) is 9.38. The number of hydrogen-bond donors (Lipinski definition) is 1. The Kier molecular flexibility index (Phi) is 2.29. The maximum absolute atomic E-state index is 5.93. The normalized spacial score (nSPS) is 11.2. The van der Waals surface area contributed by atoms with Crippen LogP contribution in [0.2, 0.25) is 0 Å². The third kappa shape index (κ3) is 1.54. The summed E-state index contributed by atoms with van der Waals surface area (Å²) in [5, 5.41) is 3.94. The lowest BCUT2D eigenvalue weighted by atomic mass is 10.2. The van der Waals surface area contributed by atoms with Gasteiger partial charge in [-0.3, -0.25) is 4.57 Å². The van der Waals surface area contributed by atoms with Crippen LogP contribution in [0.3, 0.4) is 0 Å². The molecule has 0 aliphatic carbocycles. The molecule has 0 bridgehead atoms. The van der Waals surface area contributed by atoms with Crippen molar-refractivity contribution in [3.63, 3.8) is 0 Å². The van der Waals surface area contributed by atoms with Gasteiger partial charge in [-0.1, -0.05) is 5.16 Å². The Labute approximate surface area is 103 Å². The van der Waals surface area contributed by atoms with Gasteiger partial charge in [0.1, 0.15) is 11.3 Å². The van der Waals surface area contributed by atoms with Gasteiger partial charge >= 0.3 is 0 Å². The van der Waals surface area contributed by atoms with Crippen molar-refractivity contribution in [2.75, 3.05) is 5.73 Å². The van der Waals surface area contributed by atoms with E-state index in [4.69, 9.17) is 10.3 Å². The summed E-state index contributed by atoms with van der Waals surface area (Å²) < 4.78 is 7.01. The second-order valence-corrected chi connectivity index (χ2v) is 4.21. The highest BCUT2D eigenvalue weighted by atomic mass is 16.5. The van der Waals surface area contributed by atoms with Crippen molar-refractivity contribution < 1.29 is 4.52 Å². The molecule has 0 aromatic carbocycles. The molecule has 0 saturated carbocycles. The summed E-state index contributed by atoms with van der Waals surface area (Å²) in [5.74, 6) is 1.24. The zero-order valence-electron chi connectivity index (χ0n) is 10.2. The van der Waals surface area contributed by atoms with Gasteiger partial charge in [-0.05, 0) is 26.0 Å². The summed E-state index contributed by atoms with van der Waals surface area (Å²) in [6.45, 7) is 4.37. The maximum Gasteiger partial charge on any atom is 0.202 e. The van der Waals surface area contributed by atoms with Crippen LogP contribution in [0.4, 0.5) is 5.95 Å². The average molecular weight is 243 g/mol. The van der Waals surface area contributed by atoms with Crippen LogP contribution >= 0.6 is 0 Å². The predicted molar refractivity (Wildman–Crippen MR) is 67.0 cm³/mol. The second-order valence-electron chi connectivity index (χ2n) is 4.21. The van der Waals surface area contributed by atoms with Crippen LogP contribution in [0.5, 0.6) is 0 Å². The largest absolute Gasteiger partial charge is 0.369 e. The molecule has 0 fully saturated rings. The molecule has 0 aliphatic heterocycles. The topological polar surface area (TPSA) is 82.8 Å². The standard InChI is InChI=1S/C12H13N5O/c1-7-9(8(2)18-16-7)6-17-11-10(15-12(17)13)4-3-5-14-11/h3-5H,6H2,1-2H3,(H2,13,15). The van der Waals surface area contributed by atoms with E-state index in [-0.39, 0.29) is 0 Å². The van der Waals surface area contributed by atoms with Gasteiger partial charge in [-0.15, -0.1) is 0 Å². The third-order valence-electron chi connectivity index (χ3n) is 3.03. The molecule has 3 heterocycles. The molecule has 2 N–H and O–H groups in total. The Morgan fingerprint density at radius 2 is 2.22 bits per heavy atom. The van der Waals surface area contributed by atoms with E-state index in [0.29, 0.717) is 12.5 Å². The Morgan fingerprint density at radius 3 is 2.94 bits per heavy atom. The molecule has 92 valence electrons. The molecule has 0 radical (unpaired) electrons. The molecule has 3 aromatic rings.